The number of hydrogen-bond donors (Lipinski definition) is 2. The quantitative estimate of drug-likeness (QED) is 0.718. The molecule has 2 rings (SSSR count). The Balaban J connectivity index is 1.58. The van der Waals surface area contributed by atoms with Crippen molar-refractivity contribution in [3.63, 3.8) is 0 Å². The van der Waals surface area contributed by atoms with Gasteiger partial charge in [0.2, 0.25) is 0 Å². The molecule has 0 unspecified atom stereocenters. The highest BCUT2D eigenvalue weighted by Gasteiger charge is 2.04. The first-order valence-electron chi connectivity index (χ1n) is 6.48. The molecule has 5 nitrogen and oxygen atoms in total. The third kappa shape index (κ3) is 5.32. The van der Waals surface area contributed by atoms with Gasteiger partial charge in [-0.25, -0.2) is 0 Å². The molecular weight excluding hydrogens is 322 g/mol. The Morgan fingerprint density at radius 1 is 1.35 bits per heavy atom. The van der Waals surface area contributed by atoms with Crippen LogP contribution in [-0.4, -0.2) is 40.7 Å². The van der Waals surface area contributed by atoms with Crippen LogP contribution >= 0.6 is 15.9 Å². The number of ether oxygens (including phenoxy) is 1. The van der Waals surface area contributed by atoms with Gasteiger partial charge in [0.15, 0.2) is 0 Å². The van der Waals surface area contributed by atoms with Crippen molar-refractivity contribution in [2.45, 2.75) is 12.6 Å². The Morgan fingerprint density at radius 3 is 2.85 bits per heavy atom. The largest absolute Gasteiger partial charge is 0.491 e. The molecule has 0 saturated heterocycles. The zero-order valence-electron chi connectivity index (χ0n) is 11.1. The number of nitrogens with one attached hydrogen (secondary N) is 1. The van der Waals surface area contributed by atoms with E-state index in [1.165, 1.54) is 0 Å². The molecule has 1 aromatic carbocycles. The van der Waals surface area contributed by atoms with E-state index in [0.29, 0.717) is 6.54 Å². The van der Waals surface area contributed by atoms with E-state index in [9.17, 15) is 5.11 Å². The highest BCUT2D eigenvalue weighted by atomic mass is 79.9. The van der Waals surface area contributed by atoms with E-state index in [1.807, 2.05) is 41.2 Å². The highest BCUT2D eigenvalue weighted by molar-refractivity contribution is 9.10. The molecule has 2 aromatic rings. The Bertz CT molecular complexity index is 488. The van der Waals surface area contributed by atoms with E-state index >= 15 is 0 Å². The fourth-order valence-electron chi connectivity index (χ4n) is 1.68. The van der Waals surface area contributed by atoms with Gasteiger partial charge in [0.05, 0.1) is 6.54 Å². The monoisotopic (exact) mass is 339 g/mol. The number of aliphatic hydroxyl groups excluding tert-OH is 1. The maximum absolute atomic E-state index is 9.80. The van der Waals surface area contributed by atoms with Crippen LogP contribution in [0.25, 0.3) is 0 Å². The summed E-state index contributed by atoms with van der Waals surface area (Å²) < 4.78 is 8.35. The molecule has 0 aliphatic rings. The summed E-state index contributed by atoms with van der Waals surface area (Å²) in [4.78, 5) is 0. The summed E-state index contributed by atoms with van der Waals surface area (Å²) in [5.41, 5.74) is 0. The molecule has 1 heterocycles. The van der Waals surface area contributed by atoms with Gasteiger partial charge in [-0.3, -0.25) is 4.68 Å². The summed E-state index contributed by atoms with van der Waals surface area (Å²) in [5, 5.41) is 17.1. The standard InChI is InChI=1S/C14H18BrN3O2/c15-12-2-4-14(5-3-12)20-11-13(19)10-16-7-9-18-8-1-6-17-18/h1-6,8,13,16,19H,7,9-11H2/t13-/m1/s1. The van der Waals surface area contributed by atoms with Crippen LogP contribution in [0.15, 0.2) is 47.2 Å². The molecule has 0 bridgehead atoms. The number of rotatable bonds is 8. The van der Waals surface area contributed by atoms with E-state index < -0.39 is 6.10 Å². The lowest BCUT2D eigenvalue weighted by molar-refractivity contribution is 0.106. The van der Waals surface area contributed by atoms with Crippen molar-refractivity contribution < 1.29 is 9.84 Å². The van der Waals surface area contributed by atoms with Gasteiger partial charge >= 0.3 is 0 Å². The SMILES string of the molecule is O[C@H](CNCCn1cccn1)COc1ccc(Br)cc1. The Morgan fingerprint density at radius 2 is 2.15 bits per heavy atom. The first-order valence-corrected chi connectivity index (χ1v) is 7.28. The summed E-state index contributed by atoms with van der Waals surface area (Å²) in [6.45, 7) is 2.32. The number of halogens is 1. The van der Waals surface area contributed by atoms with Gasteiger partial charge in [-0.05, 0) is 30.3 Å². The number of benzene rings is 1. The topological polar surface area (TPSA) is 59.3 Å². The van der Waals surface area contributed by atoms with Crippen molar-refractivity contribution in [2.24, 2.45) is 0 Å². The van der Waals surface area contributed by atoms with Crippen LogP contribution in [0.4, 0.5) is 0 Å². The molecule has 1 aromatic heterocycles. The van der Waals surface area contributed by atoms with Crippen LogP contribution in [0.1, 0.15) is 0 Å². The summed E-state index contributed by atoms with van der Waals surface area (Å²) in [6.07, 6.45) is 3.13. The molecule has 2 N–H and O–H groups in total. The average Bonchev–Trinajstić information content (AvgIpc) is 2.96. The first-order chi connectivity index (χ1) is 9.74. The van der Waals surface area contributed by atoms with Gasteiger partial charge in [-0.2, -0.15) is 5.10 Å². The molecule has 0 amide bonds. The van der Waals surface area contributed by atoms with Gasteiger partial charge in [0.25, 0.3) is 0 Å². The molecule has 20 heavy (non-hydrogen) atoms. The predicted octanol–water partition coefficient (Wildman–Crippen LogP) is 1.68. The molecule has 0 aliphatic heterocycles. The molecule has 1 atom stereocenters. The van der Waals surface area contributed by atoms with Gasteiger partial charge < -0.3 is 15.2 Å². The van der Waals surface area contributed by atoms with Gasteiger partial charge in [0.1, 0.15) is 18.5 Å². The van der Waals surface area contributed by atoms with E-state index in [0.717, 1.165) is 23.3 Å². The van der Waals surface area contributed by atoms with E-state index in [-0.39, 0.29) is 6.61 Å². The van der Waals surface area contributed by atoms with Crippen LogP contribution in [0.2, 0.25) is 0 Å². The second kappa shape index (κ2) is 8.04. The minimum Gasteiger partial charge on any atom is -0.491 e. The summed E-state index contributed by atoms with van der Waals surface area (Å²) in [7, 11) is 0. The lowest BCUT2D eigenvalue weighted by Crippen LogP contribution is -2.33. The van der Waals surface area contributed by atoms with Crippen LogP contribution in [-0.2, 0) is 6.54 Å². The number of aromatic nitrogens is 2. The maximum Gasteiger partial charge on any atom is 0.119 e. The average molecular weight is 340 g/mol. The maximum atomic E-state index is 9.80. The molecule has 108 valence electrons. The van der Waals surface area contributed by atoms with Gasteiger partial charge in [-0.15, -0.1) is 0 Å². The first kappa shape index (κ1) is 15.0. The molecule has 6 heteroatoms. The van der Waals surface area contributed by atoms with Crippen LogP contribution in [0.3, 0.4) is 0 Å². The highest BCUT2D eigenvalue weighted by Crippen LogP contribution is 2.16. The number of hydrogen-bond acceptors (Lipinski definition) is 4. The molecule has 0 spiro atoms. The van der Waals surface area contributed by atoms with Gasteiger partial charge in [-0.1, -0.05) is 15.9 Å². The van der Waals surface area contributed by atoms with Crippen molar-refractivity contribution >= 4 is 15.9 Å². The van der Waals surface area contributed by atoms with E-state index in [1.54, 1.807) is 6.20 Å². The Hall–Kier alpha value is -1.37. The fourth-order valence-corrected chi connectivity index (χ4v) is 1.94. The second-order valence-corrected chi connectivity index (χ2v) is 5.31. The van der Waals surface area contributed by atoms with Crippen molar-refractivity contribution in [1.29, 1.82) is 0 Å². The van der Waals surface area contributed by atoms with Crippen molar-refractivity contribution in [2.75, 3.05) is 19.7 Å². The zero-order valence-corrected chi connectivity index (χ0v) is 12.7. The lowest BCUT2D eigenvalue weighted by atomic mass is 10.3. The predicted molar refractivity (Wildman–Crippen MR) is 80.7 cm³/mol. The Labute approximate surface area is 126 Å². The minimum absolute atomic E-state index is 0.274. The van der Waals surface area contributed by atoms with Crippen molar-refractivity contribution in [3.05, 3.63) is 47.2 Å². The Kier molecular flexibility index (Phi) is 6.04. The second-order valence-electron chi connectivity index (χ2n) is 4.39. The molecular formula is C14H18BrN3O2. The molecule has 0 aliphatic carbocycles. The van der Waals surface area contributed by atoms with Crippen LogP contribution in [0.5, 0.6) is 5.75 Å². The zero-order chi connectivity index (χ0) is 14.2. The third-order valence-corrected chi connectivity index (χ3v) is 3.24. The normalized spacial score (nSPS) is 12.3. The fraction of sp³-hybridized carbons (Fsp3) is 0.357. The summed E-state index contributed by atoms with van der Waals surface area (Å²) in [6, 6.07) is 9.43. The lowest BCUT2D eigenvalue weighted by Gasteiger charge is -2.13. The molecule has 0 saturated carbocycles. The third-order valence-electron chi connectivity index (χ3n) is 2.71. The number of aliphatic hydroxyl groups is 1. The smallest absolute Gasteiger partial charge is 0.119 e. The van der Waals surface area contributed by atoms with Crippen LogP contribution < -0.4 is 10.1 Å². The van der Waals surface area contributed by atoms with E-state index in [4.69, 9.17) is 4.74 Å². The van der Waals surface area contributed by atoms with Crippen molar-refractivity contribution in [3.8, 4) is 5.75 Å². The van der Waals surface area contributed by atoms with Gasteiger partial charge in [0, 0.05) is 30.0 Å². The summed E-state index contributed by atoms with van der Waals surface area (Å²) in [5.74, 6) is 0.754. The molecule has 0 fully saturated rings. The summed E-state index contributed by atoms with van der Waals surface area (Å²) >= 11 is 3.36. The number of nitrogens with zero attached hydrogens (tertiary/aromatic N) is 2. The van der Waals surface area contributed by atoms with E-state index in [2.05, 4.69) is 26.3 Å². The molecule has 0 radical (unpaired) electrons. The minimum atomic E-state index is -0.531. The van der Waals surface area contributed by atoms with Crippen molar-refractivity contribution in [1.82, 2.24) is 15.1 Å². The van der Waals surface area contributed by atoms with Crippen LogP contribution in [0, 0.1) is 0 Å².